The molecule has 4 aromatic rings. The summed E-state index contributed by atoms with van der Waals surface area (Å²) in [7, 11) is 0. The van der Waals surface area contributed by atoms with Crippen molar-refractivity contribution in [3.63, 3.8) is 0 Å². The number of hydrogen-bond donors (Lipinski definition) is 2. The van der Waals surface area contributed by atoms with E-state index in [-0.39, 0.29) is 11.9 Å². The first-order chi connectivity index (χ1) is 17.1. The summed E-state index contributed by atoms with van der Waals surface area (Å²) in [6.45, 7) is 4.71. The zero-order valence-corrected chi connectivity index (χ0v) is 19.8. The first-order valence-electron chi connectivity index (χ1n) is 11.8. The Morgan fingerprint density at radius 1 is 1.11 bits per heavy atom. The predicted octanol–water partition coefficient (Wildman–Crippen LogP) is 3.37. The summed E-state index contributed by atoms with van der Waals surface area (Å²) in [5.41, 5.74) is 2.66. The lowest BCUT2D eigenvalue weighted by Gasteiger charge is -2.16. The number of aromatic nitrogens is 4. The quantitative estimate of drug-likeness (QED) is 0.438. The number of carbonyl (C=O) groups excluding carboxylic acids is 1. The van der Waals surface area contributed by atoms with Gasteiger partial charge in [-0.1, -0.05) is 61.5 Å². The highest BCUT2D eigenvalue weighted by Crippen LogP contribution is 2.19. The monoisotopic (exact) mass is 464 g/mol. The molecule has 1 amide bonds. The van der Waals surface area contributed by atoms with Gasteiger partial charge in [0.05, 0.1) is 16.7 Å². The highest BCUT2D eigenvalue weighted by molar-refractivity contribution is 5.94. The Balaban J connectivity index is 1.30. The van der Waals surface area contributed by atoms with Crippen LogP contribution in [0.1, 0.15) is 47.8 Å². The molecule has 0 aliphatic heterocycles. The molecule has 0 saturated carbocycles. The second kappa shape index (κ2) is 9.93. The van der Waals surface area contributed by atoms with Gasteiger partial charge in [0, 0.05) is 18.3 Å². The molecular formula is C28H28N6O. The van der Waals surface area contributed by atoms with Crippen molar-refractivity contribution in [3.05, 3.63) is 101 Å². The zero-order valence-electron chi connectivity index (χ0n) is 19.8. The Bertz CT molecular complexity index is 1460. The Kier molecular flexibility index (Phi) is 6.39. The van der Waals surface area contributed by atoms with Crippen molar-refractivity contribution in [2.75, 3.05) is 5.32 Å². The lowest BCUT2D eigenvalue weighted by molar-refractivity contribution is 0.0951. The van der Waals surface area contributed by atoms with Crippen molar-refractivity contribution < 1.29 is 4.79 Å². The van der Waals surface area contributed by atoms with Gasteiger partial charge in [0.2, 0.25) is 5.95 Å². The number of rotatable bonds is 7. The van der Waals surface area contributed by atoms with E-state index in [2.05, 4.69) is 39.7 Å². The second-order valence-electron chi connectivity index (χ2n) is 8.87. The number of benzene rings is 2. The van der Waals surface area contributed by atoms with Crippen molar-refractivity contribution in [3.8, 4) is 5.82 Å². The first-order valence-corrected chi connectivity index (χ1v) is 11.8. The van der Waals surface area contributed by atoms with E-state index in [0.717, 1.165) is 34.1 Å². The van der Waals surface area contributed by atoms with E-state index in [9.17, 15) is 4.79 Å². The summed E-state index contributed by atoms with van der Waals surface area (Å²) in [6.07, 6.45) is 8.95. The second-order valence-corrected chi connectivity index (χ2v) is 8.87. The average molecular weight is 465 g/mol. The van der Waals surface area contributed by atoms with Gasteiger partial charge in [-0.15, -0.1) is 0 Å². The van der Waals surface area contributed by atoms with Crippen LogP contribution in [0.25, 0.3) is 18.0 Å². The number of imidazole rings is 1. The molecule has 35 heavy (non-hydrogen) atoms. The molecule has 2 aromatic carbocycles. The molecule has 7 nitrogen and oxygen atoms in total. The Morgan fingerprint density at radius 3 is 2.83 bits per heavy atom. The number of fused-ring (bicyclic) bond motifs is 1. The molecule has 176 valence electrons. The first kappa shape index (κ1) is 22.5. The van der Waals surface area contributed by atoms with Crippen LogP contribution in [0.3, 0.4) is 0 Å². The van der Waals surface area contributed by atoms with E-state index < -0.39 is 0 Å². The third-order valence-corrected chi connectivity index (χ3v) is 6.14. The molecule has 2 atom stereocenters. The summed E-state index contributed by atoms with van der Waals surface area (Å²) in [6, 6.07) is 19.3. The van der Waals surface area contributed by atoms with E-state index in [0.29, 0.717) is 24.0 Å². The van der Waals surface area contributed by atoms with Crippen LogP contribution >= 0.6 is 0 Å². The zero-order chi connectivity index (χ0) is 24.2. The molecule has 7 heteroatoms. The van der Waals surface area contributed by atoms with Crippen LogP contribution in [0.2, 0.25) is 0 Å². The summed E-state index contributed by atoms with van der Waals surface area (Å²) in [5.74, 6) is 1.64. The number of hydrogen-bond acceptors (Lipinski definition) is 5. The summed E-state index contributed by atoms with van der Waals surface area (Å²) >= 11 is 0. The van der Waals surface area contributed by atoms with Crippen molar-refractivity contribution in [2.45, 2.75) is 32.9 Å². The molecular weight excluding hydrogens is 436 g/mol. The van der Waals surface area contributed by atoms with Gasteiger partial charge in [0.15, 0.2) is 0 Å². The topological polar surface area (TPSA) is 84.7 Å². The summed E-state index contributed by atoms with van der Waals surface area (Å²) < 4.78 is 2.00. The molecule has 2 N–H and O–H groups in total. The van der Waals surface area contributed by atoms with Gasteiger partial charge in [-0.2, -0.15) is 4.98 Å². The third kappa shape index (κ3) is 5.14. The maximum Gasteiger partial charge on any atom is 0.251 e. The number of amides is 1. The molecule has 0 radical (unpaired) electrons. The molecule has 2 aromatic heterocycles. The highest BCUT2D eigenvalue weighted by Gasteiger charge is 2.13. The van der Waals surface area contributed by atoms with Crippen molar-refractivity contribution in [1.82, 2.24) is 24.8 Å². The maximum atomic E-state index is 12.7. The Hall–Kier alpha value is -4.26. The van der Waals surface area contributed by atoms with E-state index in [1.54, 1.807) is 6.20 Å². The average Bonchev–Trinajstić information content (AvgIpc) is 3.31. The highest BCUT2D eigenvalue weighted by atomic mass is 16.1. The fraction of sp³-hybridized carbons (Fsp3) is 0.214. The van der Waals surface area contributed by atoms with Gasteiger partial charge in [0.25, 0.3) is 5.91 Å². The normalized spacial score (nSPS) is 15.3. The van der Waals surface area contributed by atoms with Gasteiger partial charge in [-0.25, -0.2) is 9.97 Å². The van der Waals surface area contributed by atoms with Gasteiger partial charge in [0.1, 0.15) is 12.1 Å². The maximum absolute atomic E-state index is 12.7. The van der Waals surface area contributed by atoms with Crippen LogP contribution in [0, 0.1) is 5.92 Å². The van der Waals surface area contributed by atoms with Crippen LogP contribution in [-0.2, 0) is 6.54 Å². The molecule has 0 bridgehead atoms. The standard InChI is InChI=1S/C28H28N6O/c1-19-11-12-24-25(15-19)34(18-31-24)26-13-14-29-28(33-26)32-20(2)22-9-6-10-23(16-22)27(35)30-17-21-7-4-3-5-8-21/h3-10,12-16,18-20H,11,17H2,1-2H3,(H,30,35)(H,29,32,33)/t19?,20-/m0/s1. The summed E-state index contributed by atoms with van der Waals surface area (Å²) in [5, 5.41) is 8.41. The van der Waals surface area contributed by atoms with Crippen LogP contribution in [-0.4, -0.2) is 25.4 Å². The molecule has 0 saturated heterocycles. The van der Waals surface area contributed by atoms with E-state index in [1.807, 2.05) is 78.5 Å². The smallest absolute Gasteiger partial charge is 0.251 e. The van der Waals surface area contributed by atoms with Crippen LogP contribution in [0.5, 0.6) is 0 Å². The minimum atomic E-state index is -0.103. The molecule has 1 aliphatic rings. The van der Waals surface area contributed by atoms with Crippen molar-refractivity contribution in [2.24, 2.45) is 5.92 Å². The third-order valence-electron chi connectivity index (χ3n) is 6.14. The van der Waals surface area contributed by atoms with Crippen molar-refractivity contribution >= 4 is 24.0 Å². The van der Waals surface area contributed by atoms with Gasteiger partial charge >= 0.3 is 0 Å². The number of nitrogens with one attached hydrogen (secondary N) is 2. The van der Waals surface area contributed by atoms with Gasteiger partial charge in [-0.3, -0.25) is 9.36 Å². The van der Waals surface area contributed by atoms with Crippen molar-refractivity contribution in [1.29, 1.82) is 0 Å². The molecule has 1 aliphatic carbocycles. The lowest BCUT2D eigenvalue weighted by Crippen LogP contribution is -2.33. The van der Waals surface area contributed by atoms with E-state index >= 15 is 0 Å². The minimum Gasteiger partial charge on any atom is -0.348 e. The Labute approximate surface area is 204 Å². The molecule has 0 spiro atoms. The molecule has 1 unspecified atom stereocenters. The van der Waals surface area contributed by atoms with Gasteiger partial charge in [-0.05, 0) is 48.6 Å². The van der Waals surface area contributed by atoms with E-state index in [1.165, 1.54) is 0 Å². The minimum absolute atomic E-state index is 0.0938. The predicted molar refractivity (Wildman–Crippen MR) is 137 cm³/mol. The van der Waals surface area contributed by atoms with E-state index in [4.69, 9.17) is 4.98 Å². The largest absolute Gasteiger partial charge is 0.348 e. The fourth-order valence-corrected chi connectivity index (χ4v) is 4.17. The SMILES string of the molecule is CC1C=c2c(ncn2-c2ccnc(N[C@@H](C)c3cccc(C(=O)NCc4ccccc4)c3)n2)=CC1. The Morgan fingerprint density at radius 2 is 1.97 bits per heavy atom. The lowest BCUT2D eigenvalue weighted by atomic mass is 10.0. The number of carbonyl (C=O) groups is 1. The fourth-order valence-electron chi connectivity index (χ4n) is 4.17. The van der Waals surface area contributed by atoms with Crippen LogP contribution in [0.4, 0.5) is 5.95 Å². The van der Waals surface area contributed by atoms with Crippen LogP contribution < -0.4 is 21.3 Å². The van der Waals surface area contributed by atoms with Crippen LogP contribution in [0.15, 0.2) is 73.2 Å². The van der Waals surface area contributed by atoms with Gasteiger partial charge < -0.3 is 10.6 Å². The summed E-state index contributed by atoms with van der Waals surface area (Å²) in [4.78, 5) is 26.4. The number of anilines is 1. The molecule has 2 heterocycles. The number of nitrogens with zero attached hydrogens (tertiary/aromatic N) is 4. The molecule has 0 fully saturated rings. The molecule has 5 rings (SSSR count).